The van der Waals surface area contributed by atoms with E-state index >= 15 is 0 Å². The number of aromatic nitrogens is 3. The number of alkyl halides is 5. The summed E-state index contributed by atoms with van der Waals surface area (Å²) in [6.07, 6.45) is -4.56. The number of anilines is 2. The molecule has 206 valence electrons. The molecule has 16 heteroatoms. The van der Waals surface area contributed by atoms with Crippen LogP contribution in [-0.2, 0) is 11.3 Å². The Labute approximate surface area is 209 Å². The van der Waals surface area contributed by atoms with Crippen LogP contribution in [0.2, 0.25) is 0 Å². The van der Waals surface area contributed by atoms with Gasteiger partial charge in [0, 0.05) is 50.6 Å². The Bertz CT molecular complexity index is 1270. The Balaban J connectivity index is 0.000000505. The first kappa shape index (κ1) is 28.7. The number of halogens is 8. The molecule has 3 aromatic rings. The Kier molecular flexibility index (Phi) is 9.19. The van der Waals surface area contributed by atoms with Crippen molar-refractivity contribution >= 4 is 28.6 Å². The van der Waals surface area contributed by atoms with Crippen LogP contribution in [0.4, 0.5) is 46.8 Å². The fourth-order valence-corrected chi connectivity index (χ4v) is 3.45. The minimum Gasteiger partial charge on any atom is -0.475 e. The van der Waals surface area contributed by atoms with E-state index in [9.17, 15) is 35.1 Å². The first-order valence-corrected chi connectivity index (χ1v) is 10.9. The van der Waals surface area contributed by atoms with E-state index in [0.717, 1.165) is 6.07 Å². The first-order chi connectivity index (χ1) is 17.8. The largest absolute Gasteiger partial charge is 0.490 e. The van der Waals surface area contributed by atoms with Gasteiger partial charge < -0.3 is 15.3 Å². The molecule has 0 saturated carbocycles. The third kappa shape index (κ3) is 7.60. The highest BCUT2D eigenvalue weighted by atomic mass is 19.4. The van der Waals surface area contributed by atoms with E-state index < -0.39 is 42.6 Å². The lowest BCUT2D eigenvalue weighted by Gasteiger charge is -2.36. The van der Waals surface area contributed by atoms with E-state index in [2.05, 4.69) is 20.3 Å². The van der Waals surface area contributed by atoms with Crippen LogP contribution in [-0.4, -0.2) is 76.3 Å². The van der Waals surface area contributed by atoms with E-state index in [1.807, 2.05) is 9.80 Å². The van der Waals surface area contributed by atoms with Crippen molar-refractivity contribution in [3.63, 3.8) is 0 Å². The van der Waals surface area contributed by atoms with Crippen molar-refractivity contribution in [3.05, 3.63) is 53.6 Å². The highest BCUT2D eigenvalue weighted by Gasteiger charge is 2.38. The summed E-state index contributed by atoms with van der Waals surface area (Å²) in [5, 5.41) is 9.76. The van der Waals surface area contributed by atoms with Crippen molar-refractivity contribution in [2.45, 2.75) is 19.1 Å². The molecule has 0 aliphatic carbocycles. The molecule has 38 heavy (non-hydrogen) atoms. The van der Waals surface area contributed by atoms with Crippen molar-refractivity contribution in [1.29, 1.82) is 0 Å². The first-order valence-electron chi connectivity index (χ1n) is 10.9. The third-order valence-corrected chi connectivity index (χ3v) is 5.27. The summed E-state index contributed by atoms with van der Waals surface area (Å²) in [5.74, 6) is -5.19. The average Bonchev–Trinajstić information content (AvgIpc) is 2.85. The Morgan fingerprint density at radius 1 is 1.00 bits per heavy atom. The zero-order chi connectivity index (χ0) is 28.0. The fraction of sp³-hybridized carbons (Fsp3) is 0.364. The normalized spacial score (nSPS) is 14.4. The summed E-state index contributed by atoms with van der Waals surface area (Å²) in [6.45, 7) is 1.48. The van der Waals surface area contributed by atoms with Crippen molar-refractivity contribution in [1.82, 2.24) is 19.9 Å². The smallest absolute Gasteiger partial charge is 0.475 e. The Morgan fingerprint density at radius 2 is 1.63 bits per heavy atom. The van der Waals surface area contributed by atoms with Gasteiger partial charge in [-0.05, 0) is 12.1 Å². The molecule has 3 heterocycles. The number of nitrogens with zero attached hydrogens (tertiary/aromatic N) is 5. The second kappa shape index (κ2) is 12.1. The molecule has 1 aliphatic rings. The van der Waals surface area contributed by atoms with E-state index in [4.69, 9.17) is 9.90 Å². The monoisotopic (exact) mass is 552 g/mol. The van der Waals surface area contributed by atoms with Gasteiger partial charge in [-0.1, -0.05) is 0 Å². The lowest BCUT2D eigenvalue weighted by atomic mass is 10.1. The average molecular weight is 552 g/mol. The molecule has 4 rings (SSSR count). The van der Waals surface area contributed by atoms with E-state index in [-0.39, 0.29) is 17.9 Å². The fourth-order valence-electron chi connectivity index (χ4n) is 3.45. The quantitative estimate of drug-likeness (QED) is 0.349. The van der Waals surface area contributed by atoms with Gasteiger partial charge in [-0.3, -0.25) is 9.88 Å². The van der Waals surface area contributed by atoms with Gasteiger partial charge in [0.25, 0.3) is 6.43 Å². The van der Waals surface area contributed by atoms with Gasteiger partial charge in [-0.15, -0.1) is 0 Å². The summed E-state index contributed by atoms with van der Waals surface area (Å²) < 4.78 is 97.7. The number of nitrogens with one attached hydrogen (secondary N) is 1. The molecule has 0 amide bonds. The lowest BCUT2D eigenvalue weighted by molar-refractivity contribution is -0.192. The van der Waals surface area contributed by atoms with Gasteiger partial charge in [0.05, 0.1) is 18.3 Å². The topological polar surface area (TPSA) is 94.5 Å². The van der Waals surface area contributed by atoms with Crippen molar-refractivity contribution in [3.8, 4) is 0 Å². The lowest BCUT2D eigenvalue weighted by Crippen LogP contribution is -2.46. The molecule has 2 aromatic heterocycles. The summed E-state index contributed by atoms with van der Waals surface area (Å²) in [6, 6.07) is 3.10. The number of rotatable bonds is 6. The standard InChI is InChI=1S/C20H19F5N6.C2HF3O2/c21-13-8-15(23)14(22)7-12(13)11-30-3-5-31(6-4-30)20-19(27-10-18(24)25)28-17-9-26-2-1-16(17)29-20;3-2(4,5)1(6)7/h1-2,7-9,18H,3-6,10-11H2,(H,27,28);(H,6,7). The molecule has 0 spiro atoms. The number of benzene rings is 1. The number of piperazine rings is 1. The van der Waals surface area contributed by atoms with Crippen LogP contribution in [0, 0.1) is 17.5 Å². The van der Waals surface area contributed by atoms with Gasteiger partial charge in [-0.2, -0.15) is 13.2 Å². The van der Waals surface area contributed by atoms with Gasteiger partial charge in [-0.25, -0.2) is 36.7 Å². The molecule has 1 fully saturated rings. The molecule has 2 N–H and O–H groups in total. The summed E-state index contributed by atoms with van der Waals surface area (Å²) in [5.41, 5.74) is 1.14. The number of carbonyl (C=O) groups is 1. The molecule has 0 bridgehead atoms. The number of carboxylic acid groups (broad SMARTS) is 1. The Morgan fingerprint density at radius 3 is 2.24 bits per heavy atom. The molecular formula is C22H20F8N6O2. The maximum Gasteiger partial charge on any atom is 0.490 e. The SMILES string of the molecule is Fc1cc(F)c(CN2CCN(c3nc4ccncc4nc3NCC(F)F)CC2)cc1F.O=C(O)C(F)(F)F. The van der Waals surface area contributed by atoms with Gasteiger partial charge in [0.15, 0.2) is 23.3 Å². The number of carboxylic acids is 1. The summed E-state index contributed by atoms with van der Waals surface area (Å²) in [7, 11) is 0. The van der Waals surface area contributed by atoms with Crippen LogP contribution in [0.25, 0.3) is 11.0 Å². The maximum atomic E-state index is 13.9. The Hall–Kier alpha value is -3.82. The van der Waals surface area contributed by atoms with Crippen LogP contribution in [0.1, 0.15) is 5.56 Å². The molecular weight excluding hydrogens is 532 g/mol. The van der Waals surface area contributed by atoms with Crippen molar-refractivity contribution < 1.29 is 45.0 Å². The van der Waals surface area contributed by atoms with Crippen LogP contribution >= 0.6 is 0 Å². The van der Waals surface area contributed by atoms with Crippen LogP contribution in [0.3, 0.4) is 0 Å². The van der Waals surface area contributed by atoms with Crippen LogP contribution < -0.4 is 10.2 Å². The second-order valence-electron chi connectivity index (χ2n) is 7.96. The molecule has 8 nitrogen and oxygen atoms in total. The number of pyridine rings is 1. The maximum absolute atomic E-state index is 13.9. The van der Waals surface area contributed by atoms with Gasteiger partial charge in [0.1, 0.15) is 11.3 Å². The molecule has 0 unspecified atom stereocenters. The highest BCUT2D eigenvalue weighted by Crippen LogP contribution is 2.26. The molecule has 0 radical (unpaired) electrons. The predicted molar refractivity (Wildman–Crippen MR) is 119 cm³/mol. The molecule has 1 saturated heterocycles. The summed E-state index contributed by atoms with van der Waals surface area (Å²) in [4.78, 5) is 25.6. The van der Waals surface area contributed by atoms with Crippen molar-refractivity contribution in [2.75, 3.05) is 42.9 Å². The molecule has 1 aromatic carbocycles. The zero-order valence-electron chi connectivity index (χ0n) is 19.3. The summed E-state index contributed by atoms with van der Waals surface area (Å²) >= 11 is 0. The molecule has 1 aliphatic heterocycles. The minimum absolute atomic E-state index is 0.0737. The van der Waals surface area contributed by atoms with Crippen LogP contribution in [0.15, 0.2) is 30.6 Å². The van der Waals surface area contributed by atoms with E-state index in [1.54, 1.807) is 12.3 Å². The highest BCUT2D eigenvalue weighted by molar-refractivity contribution is 5.79. The van der Waals surface area contributed by atoms with E-state index in [0.29, 0.717) is 49.1 Å². The zero-order valence-corrected chi connectivity index (χ0v) is 19.3. The van der Waals surface area contributed by atoms with Gasteiger partial charge in [0.2, 0.25) is 0 Å². The molecule has 0 atom stereocenters. The number of fused-ring (bicyclic) bond motifs is 1. The third-order valence-electron chi connectivity index (χ3n) is 5.27. The minimum atomic E-state index is -5.08. The van der Waals surface area contributed by atoms with Gasteiger partial charge >= 0.3 is 12.1 Å². The van der Waals surface area contributed by atoms with E-state index in [1.165, 1.54) is 6.20 Å². The predicted octanol–water partition coefficient (Wildman–Crippen LogP) is 4.07. The number of hydrogen-bond acceptors (Lipinski definition) is 7. The van der Waals surface area contributed by atoms with Crippen molar-refractivity contribution in [2.24, 2.45) is 0 Å². The van der Waals surface area contributed by atoms with Crippen LogP contribution in [0.5, 0.6) is 0 Å². The second-order valence-corrected chi connectivity index (χ2v) is 7.96. The number of aliphatic carboxylic acids is 1. The number of hydrogen-bond donors (Lipinski definition) is 2.